The molecule has 2 aromatic rings. The van der Waals surface area contributed by atoms with E-state index in [0.717, 1.165) is 10.6 Å². The molecular weight excluding hydrogens is 322 g/mol. The number of rotatable bonds is 7. The number of benzene rings is 2. The summed E-state index contributed by atoms with van der Waals surface area (Å²) in [6.45, 7) is 0.680. The van der Waals surface area contributed by atoms with Crippen molar-refractivity contribution in [1.82, 2.24) is 5.32 Å². The van der Waals surface area contributed by atoms with E-state index >= 15 is 0 Å². The van der Waals surface area contributed by atoms with E-state index in [4.69, 9.17) is 11.6 Å². The first-order valence-corrected chi connectivity index (χ1v) is 8.92. The summed E-state index contributed by atoms with van der Waals surface area (Å²) in [6.07, 6.45) is 0. The van der Waals surface area contributed by atoms with Crippen molar-refractivity contribution < 1.29 is 4.79 Å². The summed E-state index contributed by atoms with van der Waals surface area (Å²) >= 11 is 9.07. The number of hydrogen-bond acceptors (Lipinski definition) is 3. The molecule has 0 saturated heterocycles. The van der Waals surface area contributed by atoms with Gasteiger partial charge in [-0.15, -0.1) is 23.5 Å². The van der Waals surface area contributed by atoms with Gasteiger partial charge in [0.05, 0.1) is 5.75 Å². The third-order valence-corrected chi connectivity index (χ3v) is 4.90. The Kier molecular flexibility index (Phi) is 7.00. The fourth-order valence-corrected chi connectivity index (χ4v) is 3.25. The lowest BCUT2D eigenvalue weighted by molar-refractivity contribution is -0.118. The van der Waals surface area contributed by atoms with E-state index in [1.165, 1.54) is 16.7 Å². The van der Waals surface area contributed by atoms with Crippen LogP contribution in [0.4, 0.5) is 0 Å². The Balaban J connectivity index is 1.60. The number of carbonyl (C=O) groups is 1. The molecule has 5 heteroatoms. The third kappa shape index (κ3) is 6.46. The van der Waals surface area contributed by atoms with Crippen LogP contribution in [0.25, 0.3) is 0 Å². The Bertz CT molecular complexity index is 560. The maximum atomic E-state index is 11.7. The molecule has 0 aliphatic carbocycles. The molecule has 2 aromatic carbocycles. The van der Waals surface area contributed by atoms with E-state index in [-0.39, 0.29) is 5.91 Å². The molecule has 0 aliphatic heterocycles. The number of halogens is 1. The summed E-state index contributed by atoms with van der Waals surface area (Å²) in [7, 11) is 0. The first-order chi connectivity index (χ1) is 10.2. The lowest BCUT2D eigenvalue weighted by atomic mass is 10.4. The van der Waals surface area contributed by atoms with Crippen LogP contribution < -0.4 is 5.32 Å². The van der Waals surface area contributed by atoms with Crippen molar-refractivity contribution in [2.24, 2.45) is 0 Å². The Morgan fingerprint density at radius 2 is 1.62 bits per heavy atom. The standard InChI is InChI=1S/C16H16ClNOS2/c17-13-6-8-15(9-7-13)21-12-16(19)18-10-11-20-14-4-2-1-3-5-14/h1-9H,10-12H2,(H,18,19). The zero-order valence-electron chi connectivity index (χ0n) is 11.4. The van der Waals surface area contributed by atoms with E-state index in [1.54, 1.807) is 11.8 Å². The Morgan fingerprint density at radius 1 is 0.952 bits per heavy atom. The molecule has 0 unspecified atom stereocenters. The highest BCUT2D eigenvalue weighted by Gasteiger charge is 2.02. The van der Waals surface area contributed by atoms with Crippen LogP contribution in [0, 0.1) is 0 Å². The monoisotopic (exact) mass is 337 g/mol. The molecule has 0 aliphatic rings. The molecule has 0 saturated carbocycles. The molecule has 0 spiro atoms. The molecule has 1 amide bonds. The second-order valence-corrected chi connectivity index (χ2v) is 6.91. The van der Waals surface area contributed by atoms with Crippen molar-refractivity contribution in [1.29, 1.82) is 0 Å². The summed E-state index contributed by atoms with van der Waals surface area (Å²) in [6, 6.07) is 17.7. The van der Waals surface area contributed by atoms with Crippen LogP contribution >= 0.6 is 35.1 Å². The van der Waals surface area contributed by atoms with Crippen LogP contribution in [0.15, 0.2) is 64.4 Å². The Morgan fingerprint density at radius 3 is 2.33 bits per heavy atom. The number of nitrogens with one attached hydrogen (secondary N) is 1. The van der Waals surface area contributed by atoms with Gasteiger partial charge in [-0.25, -0.2) is 0 Å². The minimum absolute atomic E-state index is 0.0589. The second kappa shape index (κ2) is 9.03. The lowest BCUT2D eigenvalue weighted by Crippen LogP contribution is -2.27. The summed E-state index contributed by atoms with van der Waals surface area (Å²) < 4.78 is 0. The van der Waals surface area contributed by atoms with Crippen LogP contribution in [-0.4, -0.2) is 24.0 Å². The number of hydrogen-bond donors (Lipinski definition) is 1. The second-order valence-electron chi connectivity index (χ2n) is 4.25. The van der Waals surface area contributed by atoms with Gasteiger partial charge >= 0.3 is 0 Å². The average Bonchev–Trinajstić information content (AvgIpc) is 2.52. The van der Waals surface area contributed by atoms with E-state index in [2.05, 4.69) is 17.4 Å². The molecule has 2 rings (SSSR count). The number of amides is 1. The molecule has 0 radical (unpaired) electrons. The molecule has 0 atom stereocenters. The van der Waals surface area contributed by atoms with Gasteiger partial charge in [0.1, 0.15) is 0 Å². The fraction of sp³-hybridized carbons (Fsp3) is 0.188. The van der Waals surface area contributed by atoms with Gasteiger partial charge in [-0.2, -0.15) is 0 Å². The van der Waals surface area contributed by atoms with Crippen LogP contribution in [0.5, 0.6) is 0 Å². The Labute approximate surface area is 138 Å². The van der Waals surface area contributed by atoms with Crippen LogP contribution in [0.2, 0.25) is 5.02 Å². The van der Waals surface area contributed by atoms with Gasteiger partial charge < -0.3 is 5.32 Å². The van der Waals surface area contributed by atoms with Crippen molar-refractivity contribution in [3.05, 3.63) is 59.6 Å². The summed E-state index contributed by atoms with van der Waals surface area (Å²) in [4.78, 5) is 14.0. The summed E-state index contributed by atoms with van der Waals surface area (Å²) in [5.41, 5.74) is 0. The largest absolute Gasteiger partial charge is 0.355 e. The third-order valence-electron chi connectivity index (χ3n) is 2.62. The van der Waals surface area contributed by atoms with Gasteiger partial charge in [-0.05, 0) is 36.4 Å². The van der Waals surface area contributed by atoms with Gasteiger partial charge in [0.15, 0.2) is 0 Å². The van der Waals surface area contributed by atoms with Crippen LogP contribution in [0.3, 0.4) is 0 Å². The maximum Gasteiger partial charge on any atom is 0.230 e. The molecule has 1 N–H and O–H groups in total. The molecule has 0 bridgehead atoms. The molecule has 0 fully saturated rings. The predicted octanol–water partition coefficient (Wildman–Crippen LogP) is 4.34. The van der Waals surface area contributed by atoms with Gasteiger partial charge in [-0.3, -0.25) is 4.79 Å². The maximum absolute atomic E-state index is 11.7. The van der Waals surface area contributed by atoms with Crippen molar-refractivity contribution >= 4 is 41.0 Å². The molecular formula is C16H16ClNOS2. The summed E-state index contributed by atoms with van der Waals surface area (Å²) in [5, 5.41) is 3.64. The SMILES string of the molecule is O=C(CSc1ccc(Cl)cc1)NCCSc1ccccc1. The smallest absolute Gasteiger partial charge is 0.230 e. The zero-order valence-corrected chi connectivity index (χ0v) is 13.8. The minimum atomic E-state index is 0.0589. The van der Waals surface area contributed by atoms with Crippen LogP contribution in [-0.2, 0) is 4.79 Å². The molecule has 0 heterocycles. The van der Waals surface area contributed by atoms with E-state index < -0.39 is 0 Å². The molecule has 0 aromatic heterocycles. The predicted molar refractivity (Wildman–Crippen MR) is 92.4 cm³/mol. The van der Waals surface area contributed by atoms with Crippen LogP contribution in [0.1, 0.15) is 0 Å². The van der Waals surface area contributed by atoms with Gasteiger partial charge in [0, 0.05) is 27.1 Å². The first kappa shape index (κ1) is 16.3. The van der Waals surface area contributed by atoms with E-state index in [0.29, 0.717) is 17.3 Å². The average molecular weight is 338 g/mol. The highest BCUT2D eigenvalue weighted by molar-refractivity contribution is 8.00. The van der Waals surface area contributed by atoms with E-state index in [9.17, 15) is 4.79 Å². The van der Waals surface area contributed by atoms with Crippen molar-refractivity contribution in [3.63, 3.8) is 0 Å². The summed E-state index contributed by atoms with van der Waals surface area (Å²) in [5.74, 6) is 1.36. The zero-order chi connectivity index (χ0) is 14.9. The van der Waals surface area contributed by atoms with Crippen molar-refractivity contribution in [2.45, 2.75) is 9.79 Å². The van der Waals surface area contributed by atoms with Crippen molar-refractivity contribution in [2.75, 3.05) is 18.1 Å². The Hall–Kier alpha value is -1.10. The van der Waals surface area contributed by atoms with E-state index in [1.807, 2.05) is 42.5 Å². The first-order valence-electron chi connectivity index (χ1n) is 6.57. The lowest BCUT2D eigenvalue weighted by Gasteiger charge is -2.05. The topological polar surface area (TPSA) is 29.1 Å². The number of thioether (sulfide) groups is 2. The van der Waals surface area contributed by atoms with Gasteiger partial charge in [0.25, 0.3) is 0 Å². The quantitative estimate of drug-likeness (QED) is 0.602. The van der Waals surface area contributed by atoms with Gasteiger partial charge in [0.2, 0.25) is 5.91 Å². The normalized spacial score (nSPS) is 10.3. The minimum Gasteiger partial charge on any atom is -0.355 e. The highest BCUT2D eigenvalue weighted by atomic mass is 35.5. The molecule has 110 valence electrons. The highest BCUT2D eigenvalue weighted by Crippen LogP contribution is 2.20. The molecule has 2 nitrogen and oxygen atoms in total. The fourth-order valence-electron chi connectivity index (χ4n) is 1.61. The molecule has 21 heavy (non-hydrogen) atoms. The van der Waals surface area contributed by atoms with Crippen molar-refractivity contribution in [3.8, 4) is 0 Å². The number of carbonyl (C=O) groups excluding carboxylic acids is 1. The van der Waals surface area contributed by atoms with Gasteiger partial charge in [-0.1, -0.05) is 29.8 Å².